The maximum Gasteiger partial charge on any atom is 0.273 e. The van der Waals surface area contributed by atoms with Gasteiger partial charge in [0, 0.05) is 12.1 Å². The number of amides is 1. The predicted octanol–water partition coefficient (Wildman–Crippen LogP) is 4.03. The van der Waals surface area contributed by atoms with Gasteiger partial charge in [-0.3, -0.25) is 4.79 Å². The van der Waals surface area contributed by atoms with Crippen LogP contribution in [0.25, 0.3) is 11.5 Å². The van der Waals surface area contributed by atoms with E-state index in [2.05, 4.69) is 10.3 Å². The lowest BCUT2D eigenvalue weighted by Crippen LogP contribution is -2.23. The van der Waals surface area contributed by atoms with Crippen LogP contribution in [-0.4, -0.2) is 10.9 Å². The fourth-order valence-electron chi connectivity index (χ4n) is 2.30. The molecule has 4 nitrogen and oxygen atoms in total. The molecule has 0 saturated heterocycles. The van der Waals surface area contributed by atoms with Gasteiger partial charge in [-0.25, -0.2) is 9.37 Å². The SMILES string of the molecule is Cc1ccc(-c2nc(C(=O)NCc3ccc(F)cc3)c(C)o2)cc1. The van der Waals surface area contributed by atoms with E-state index in [0.717, 1.165) is 16.7 Å². The molecule has 0 spiro atoms. The second kappa shape index (κ2) is 6.66. The quantitative estimate of drug-likeness (QED) is 0.788. The number of nitrogens with zero attached hydrogens (tertiary/aromatic N) is 1. The maximum absolute atomic E-state index is 12.9. The number of rotatable bonds is 4. The molecular formula is C19H17FN2O2. The van der Waals surface area contributed by atoms with Gasteiger partial charge < -0.3 is 9.73 Å². The van der Waals surface area contributed by atoms with E-state index < -0.39 is 0 Å². The maximum atomic E-state index is 12.9. The second-order valence-corrected chi connectivity index (χ2v) is 5.60. The van der Waals surface area contributed by atoms with Gasteiger partial charge in [-0.15, -0.1) is 0 Å². The number of carbonyl (C=O) groups is 1. The molecule has 0 aliphatic rings. The zero-order valence-corrected chi connectivity index (χ0v) is 13.5. The van der Waals surface area contributed by atoms with Crippen LogP contribution in [0.15, 0.2) is 52.9 Å². The molecule has 24 heavy (non-hydrogen) atoms. The van der Waals surface area contributed by atoms with Crippen LogP contribution < -0.4 is 5.32 Å². The third-order valence-corrected chi connectivity index (χ3v) is 3.68. The van der Waals surface area contributed by atoms with E-state index in [0.29, 0.717) is 18.2 Å². The van der Waals surface area contributed by atoms with E-state index in [-0.39, 0.29) is 17.4 Å². The standard InChI is InChI=1S/C19H17FN2O2/c1-12-3-7-15(8-4-12)19-22-17(13(2)24-19)18(23)21-11-14-5-9-16(20)10-6-14/h3-10H,11H2,1-2H3,(H,21,23). The second-order valence-electron chi connectivity index (χ2n) is 5.60. The summed E-state index contributed by atoms with van der Waals surface area (Å²) in [6.45, 7) is 4.00. The first kappa shape index (κ1) is 15.9. The summed E-state index contributed by atoms with van der Waals surface area (Å²) in [6.07, 6.45) is 0. The largest absolute Gasteiger partial charge is 0.441 e. The highest BCUT2D eigenvalue weighted by Crippen LogP contribution is 2.22. The molecule has 0 saturated carbocycles. The molecule has 1 N–H and O–H groups in total. The summed E-state index contributed by atoms with van der Waals surface area (Å²) >= 11 is 0. The van der Waals surface area contributed by atoms with E-state index in [9.17, 15) is 9.18 Å². The third-order valence-electron chi connectivity index (χ3n) is 3.68. The summed E-state index contributed by atoms with van der Waals surface area (Å²) in [5.41, 5.74) is 3.03. The summed E-state index contributed by atoms with van der Waals surface area (Å²) in [5.74, 6) is 0.251. The monoisotopic (exact) mass is 324 g/mol. The Kier molecular flexibility index (Phi) is 4.42. The van der Waals surface area contributed by atoms with E-state index in [1.165, 1.54) is 12.1 Å². The first-order valence-corrected chi connectivity index (χ1v) is 7.60. The first-order valence-electron chi connectivity index (χ1n) is 7.60. The van der Waals surface area contributed by atoms with Crippen molar-refractivity contribution in [3.05, 3.63) is 76.9 Å². The van der Waals surface area contributed by atoms with Crippen molar-refractivity contribution in [3.8, 4) is 11.5 Å². The molecule has 1 heterocycles. The highest BCUT2D eigenvalue weighted by atomic mass is 19.1. The number of hydrogen-bond donors (Lipinski definition) is 1. The summed E-state index contributed by atoms with van der Waals surface area (Å²) in [4.78, 5) is 16.6. The van der Waals surface area contributed by atoms with Gasteiger partial charge in [0.25, 0.3) is 5.91 Å². The lowest BCUT2D eigenvalue weighted by atomic mass is 10.1. The van der Waals surface area contributed by atoms with Gasteiger partial charge in [0.2, 0.25) is 5.89 Å². The highest BCUT2D eigenvalue weighted by Gasteiger charge is 2.17. The number of nitrogens with one attached hydrogen (secondary N) is 1. The summed E-state index contributed by atoms with van der Waals surface area (Å²) in [5, 5.41) is 2.77. The van der Waals surface area contributed by atoms with Gasteiger partial charge in [-0.2, -0.15) is 0 Å². The molecule has 0 bridgehead atoms. The lowest BCUT2D eigenvalue weighted by molar-refractivity contribution is 0.0945. The van der Waals surface area contributed by atoms with Crippen molar-refractivity contribution in [2.45, 2.75) is 20.4 Å². The minimum Gasteiger partial charge on any atom is -0.441 e. The fraction of sp³-hybridized carbons (Fsp3) is 0.158. The van der Waals surface area contributed by atoms with E-state index in [1.807, 2.05) is 31.2 Å². The van der Waals surface area contributed by atoms with Crippen molar-refractivity contribution in [2.75, 3.05) is 0 Å². The lowest BCUT2D eigenvalue weighted by Gasteiger charge is -2.03. The van der Waals surface area contributed by atoms with Crippen LogP contribution in [0.1, 0.15) is 27.4 Å². The first-order chi connectivity index (χ1) is 11.5. The zero-order valence-electron chi connectivity index (χ0n) is 13.5. The molecule has 3 aromatic rings. The molecule has 0 unspecified atom stereocenters. The van der Waals surface area contributed by atoms with Gasteiger partial charge in [-0.05, 0) is 43.7 Å². The Bertz CT molecular complexity index is 852. The van der Waals surface area contributed by atoms with Gasteiger partial charge in [0.05, 0.1) is 0 Å². The van der Waals surface area contributed by atoms with Crippen molar-refractivity contribution >= 4 is 5.91 Å². The van der Waals surface area contributed by atoms with Crippen LogP contribution in [-0.2, 0) is 6.54 Å². The molecule has 1 aromatic heterocycles. The van der Waals surface area contributed by atoms with Crippen LogP contribution in [0.2, 0.25) is 0 Å². The number of oxazole rings is 1. The minimum atomic E-state index is -0.320. The molecule has 0 atom stereocenters. The molecule has 0 aliphatic carbocycles. The topological polar surface area (TPSA) is 55.1 Å². The number of benzene rings is 2. The van der Waals surface area contributed by atoms with Crippen molar-refractivity contribution < 1.29 is 13.6 Å². The number of halogens is 1. The summed E-state index contributed by atoms with van der Waals surface area (Å²) < 4.78 is 18.5. The number of aromatic nitrogens is 1. The smallest absolute Gasteiger partial charge is 0.273 e. The Morgan fingerprint density at radius 2 is 1.75 bits per heavy atom. The normalized spacial score (nSPS) is 10.6. The van der Waals surface area contributed by atoms with Crippen LogP contribution in [0.4, 0.5) is 4.39 Å². The minimum absolute atomic E-state index is 0.257. The molecule has 2 aromatic carbocycles. The Balaban J connectivity index is 1.73. The average Bonchev–Trinajstić information content (AvgIpc) is 2.96. The van der Waals surface area contributed by atoms with Gasteiger partial charge in [0.1, 0.15) is 11.6 Å². The van der Waals surface area contributed by atoms with Crippen molar-refractivity contribution in [1.82, 2.24) is 10.3 Å². The van der Waals surface area contributed by atoms with Gasteiger partial charge in [-0.1, -0.05) is 29.8 Å². The van der Waals surface area contributed by atoms with Crippen LogP contribution in [0.5, 0.6) is 0 Å². The van der Waals surface area contributed by atoms with E-state index in [1.54, 1.807) is 19.1 Å². The Labute approximate surface area is 139 Å². The molecule has 3 rings (SSSR count). The average molecular weight is 324 g/mol. The third kappa shape index (κ3) is 3.51. The van der Waals surface area contributed by atoms with Crippen molar-refractivity contribution in [1.29, 1.82) is 0 Å². The van der Waals surface area contributed by atoms with Crippen LogP contribution in [0, 0.1) is 19.7 Å². The Morgan fingerprint density at radius 3 is 2.42 bits per heavy atom. The molecular weight excluding hydrogens is 307 g/mol. The summed E-state index contributed by atoms with van der Waals surface area (Å²) in [6, 6.07) is 13.7. The zero-order chi connectivity index (χ0) is 17.1. The molecule has 122 valence electrons. The highest BCUT2D eigenvalue weighted by molar-refractivity contribution is 5.93. The molecule has 1 amide bonds. The van der Waals surface area contributed by atoms with Gasteiger partial charge in [0.15, 0.2) is 5.69 Å². The number of hydrogen-bond acceptors (Lipinski definition) is 3. The van der Waals surface area contributed by atoms with Crippen LogP contribution >= 0.6 is 0 Å². The molecule has 0 aliphatic heterocycles. The van der Waals surface area contributed by atoms with Gasteiger partial charge >= 0.3 is 0 Å². The molecule has 0 radical (unpaired) electrons. The summed E-state index contributed by atoms with van der Waals surface area (Å²) in [7, 11) is 0. The van der Waals surface area contributed by atoms with E-state index >= 15 is 0 Å². The molecule has 5 heteroatoms. The number of aryl methyl sites for hydroxylation is 2. The Morgan fingerprint density at radius 1 is 1.08 bits per heavy atom. The van der Waals surface area contributed by atoms with Crippen LogP contribution in [0.3, 0.4) is 0 Å². The molecule has 0 fully saturated rings. The van der Waals surface area contributed by atoms with Crippen molar-refractivity contribution in [2.24, 2.45) is 0 Å². The Hall–Kier alpha value is -2.95. The van der Waals surface area contributed by atoms with Crippen molar-refractivity contribution in [3.63, 3.8) is 0 Å². The number of carbonyl (C=O) groups excluding carboxylic acids is 1. The fourth-order valence-corrected chi connectivity index (χ4v) is 2.30. The predicted molar refractivity (Wildman–Crippen MR) is 89.0 cm³/mol. The van der Waals surface area contributed by atoms with E-state index in [4.69, 9.17) is 4.42 Å².